The number of benzene rings is 1. The Morgan fingerprint density at radius 3 is 2.71 bits per heavy atom. The van der Waals surface area contributed by atoms with Gasteiger partial charge in [0.15, 0.2) is 0 Å². The lowest BCUT2D eigenvalue weighted by Gasteiger charge is -2.05. The van der Waals surface area contributed by atoms with Crippen molar-refractivity contribution in [1.82, 2.24) is 5.32 Å². The van der Waals surface area contributed by atoms with Crippen molar-refractivity contribution in [3.63, 3.8) is 0 Å². The van der Waals surface area contributed by atoms with Crippen LogP contribution in [0.5, 0.6) is 0 Å². The van der Waals surface area contributed by atoms with Crippen molar-refractivity contribution in [2.24, 2.45) is 0 Å². The number of carbonyl (C=O) groups excluding carboxylic acids is 1. The Bertz CT molecular complexity index is 338. The maximum atomic E-state index is 11.5. The van der Waals surface area contributed by atoms with Crippen LogP contribution in [0.1, 0.15) is 25.3 Å². The van der Waals surface area contributed by atoms with E-state index in [1.807, 2.05) is 31.2 Å². The van der Waals surface area contributed by atoms with E-state index in [1.54, 1.807) is 0 Å². The fraction of sp³-hybridized carbons (Fsp3) is 0.462. The molecule has 17 heavy (non-hydrogen) atoms. The Morgan fingerprint density at radius 1 is 1.35 bits per heavy atom. The molecule has 0 aliphatic heterocycles. The van der Waals surface area contributed by atoms with Gasteiger partial charge < -0.3 is 10.1 Å². The summed E-state index contributed by atoms with van der Waals surface area (Å²) in [6.07, 6.45) is 1.30. The second-order valence-corrected chi connectivity index (χ2v) is 4.62. The molecule has 0 aliphatic rings. The fourth-order valence-corrected chi connectivity index (χ4v) is 1.63. The number of nitrogens with one attached hydrogen (secondary N) is 1. The molecule has 1 rings (SSSR count). The van der Waals surface area contributed by atoms with E-state index in [4.69, 9.17) is 4.74 Å². The van der Waals surface area contributed by atoms with Crippen LogP contribution in [-0.2, 0) is 16.1 Å². The molecule has 0 unspecified atom stereocenters. The molecule has 0 atom stereocenters. The molecule has 0 heterocycles. The predicted molar refractivity (Wildman–Crippen MR) is 71.7 cm³/mol. The molecule has 1 aromatic carbocycles. The number of halogens is 1. The second-order valence-electron chi connectivity index (χ2n) is 3.70. The van der Waals surface area contributed by atoms with Gasteiger partial charge >= 0.3 is 0 Å². The molecule has 0 radical (unpaired) electrons. The van der Waals surface area contributed by atoms with Gasteiger partial charge in [0.05, 0.1) is 0 Å². The van der Waals surface area contributed by atoms with Gasteiger partial charge in [-0.15, -0.1) is 0 Å². The van der Waals surface area contributed by atoms with Gasteiger partial charge in [-0.05, 0) is 31.0 Å². The summed E-state index contributed by atoms with van der Waals surface area (Å²) in [6.45, 7) is 3.90. The highest BCUT2D eigenvalue weighted by Gasteiger charge is 2.01. The summed E-state index contributed by atoms with van der Waals surface area (Å²) in [6, 6.07) is 7.92. The van der Waals surface area contributed by atoms with Crippen LogP contribution >= 0.6 is 15.9 Å². The average molecular weight is 300 g/mol. The lowest BCUT2D eigenvalue weighted by molar-refractivity contribution is -0.121. The summed E-state index contributed by atoms with van der Waals surface area (Å²) in [4.78, 5) is 11.5. The Hall–Kier alpha value is -0.870. The Labute approximate surface area is 111 Å². The van der Waals surface area contributed by atoms with Gasteiger partial charge in [0.2, 0.25) is 5.91 Å². The van der Waals surface area contributed by atoms with Crippen molar-refractivity contribution in [3.05, 3.63) is 34.3 Å². The monoisotopic (exact) mass is 299 g/mol. The lowest BCUT2D eigenvalue weighted by Crippen LogP contribution is -2.22. The van der Waals surface area contributed by atoms with Gasteiger partial charge in [0.25, 0.3) is 0 Å². The van der Waals surface area contributed by atoms with Gasteiger partial charge in [-0.3, -0.25) is 4.79 Å². The van der Waals surface area contributed by atoms with Gasteiger partial charge in [0, 0.05) is 30.7 Å². The van der Waals surface area contributed by atoms with Crippen molar-refractivity contribution in [1.29, 1.82) is 0 Å². The third-order valence-electron chi connectivity index (χ3n) is 2.30. The van der Waals surface area contributed by atoms with Crippen LogP contribution in [0, 0.1) is 0 Å². The van der Waals surface area contributed by atoms with Crippen LogP contribution in [0.4, 0.5) is 0 Å². The van der Waals surface area contributed by atoms with Crippen LogP contribution in [0.25, 0.3) is 0 Å². The fourth-order valence-electron chi connectivity index (χ4n) is 1.37. The molecule has 94 valence electrons. The quantitative estimate of drug-likeness (QED) is 0.786. The van der Waals surface area contributed by atoms with Gasteiger partial charge in [-0.1, -0.05) is 28.1 Å². The SMILES string of the molecule is CCOCCCC(=O)NCc1ccc(Br)cc1. The van der Waals surface area contributed by atoms with E-state index in [9.17, 15) is 4.79 Å². The molecule has 0 bridgehead atoms. The largest absolute Gasteiger partial charge is 0.382 e. The maximum absolute atomic E-state index is 11.5. The third-order valence-corrected chi connectivity index (χ3v) is 2.83. The van der Waals surface area contributed by atoms with Gasteiger partial charge in [-0.25, -0.2) is 0 Å². The molecule has 4 heteroatoms. The highest BCUT2D eigenvalue weighted by Crippen LogP contribution is 2.10. The first kappa shape index (κ1) is 14.2. The number of amides is 1. The zero-order valence-corrected chi connectivity index (χ0v) is 11.6. The number of carbonyl (C=O) groups is 1. The van der Waals surface area contributed by atoms with Crippen molar-refractivity contribution >= 4 is 21.8 Å². The molecule has 0 spiro atoms. The first-order chi connectivity index (χ1) is 8.22. The van der Waals surface area contributed by atoms with E-state index >= 15 is 0 Å². The van der Waals surface area contributed by atoms with E-state index in [0.29, 0.717) is 26.2 Å². The Balaban J connectivity index is 2.17. The first-order valence-electron chi connectivity index (χ1n) is 5.81. The number of hydrogen-bond acceptors (Lipinski definition) is 2. The highest BCUT2D eigenvalue weighted by atomic mass is 79.9. The van der Waals surface area contributed by atoms with E-state index in [1.165, 1.54) is 0 Å². The summed E-state index contributed by atoms with van der Waals surface area (Å²) >= 11 is 3.37. The zero-order valence-electron chi connectivity index (χ0n) is 10.0. The Morgan fingerprint density at radius 2 is 2.06 bits per heavy atom. The number of hydrogen-bond donors (Lipinski definition) is 1. The van der Waals surface area contributed by atoms with Gasteiger partial charge in [-0.2, -0.15) is 0 Å². The van der Waals surface area contributed by atoms with Crippen molar-refractivity contribution in [3.8, 4) is 0 Å². The summed E-state index contributed by atoms with van der Waals surface area (Å²) in [7, 11) is 0. The summed E-state index contributed by atoms with van der Waals surface area (Å²) in [5, 5.41) is 2.89. The van der Waals surface area contributed by atoms with E-state index in [2.05, 4.69) is 21.2 Å². The smallest absolute Gasteiger partial charge is 0.220 e. The van der Waals surface area contributed by atoms with Crippen LogP contribution in [-0.4, -0.2) is 19.1 Å². The van der Waals surface area contributed by atoms with Crippen LogP contribution < -0.4 is 5.32 Å². The minimum Gasteiger partial charge on any atom is -0.382 e. The summed E-state index contributed by atoms with van der Waals surface area (Å²) in [5.41, 5.74) is 1.10. The molecule has 1 amide bonds. The van der Waals surface area contributed by atoms with E-state index in [-0.39, 0.29) is 5.91 Å². The number of ether oxygens (including phenoxy) is 1. The number of rotatable bonds is 7. The summed E-state index contributed by atoms with van der Waals surface area (Å²) in [5.74, 6) is 0.0765. The highest BCUT2D eigenvalue weighted by molar-refractivity contribution is 9.10. The Kier molecular flexibility index (Phi) is 6.89. The molecule has 1 aromatic rings. The van der Waals surface area contributed by atoms with Crippen LogP contribution in [0.2, 0.25) is 0 Å². The topological polar surface area (TPSA) is 38.3 Å². The minimum atomic E-state index is 0.0765. The molecular formula is C13H18BrNO2. The molecule has 1 N–H and O–H groups in total. The predicted octanol–water partition coefficient (Wildman–Crippen LogP) is 2.88. The maximum Gasteiger partial charge on any atom is 0.220 e. The lowest BCUT2D eigenvalue weighted by atomic mass is 10.2. The van der Waals surface area contributed by atoms with E-state index in [0.717, 1.165) is 16.5 Å². The molecule has 3 nitrogen and oxygen atoms in total. The van der Waals surface area contributed by atoms with E-state index < -0.39 is 0 Å². The van der Waals surface area contributed by atoms with Crippen molar-refractivity contribution in [2.75, 3.05) is 13.2 Å². The van der Waals surface area contributed by atoms with Gasteiger partial charge in [0.1, 0.15) is 0 Å². The van der Waals surface area contributed by atoms with Crippen LogP contribution in [0.3, 0.4) is 0 Å². The summed E-state index contributed by atoms with van der Waals surface area (Å²) < 4.78 is 6.22. The molecule has 0 aromatic heterocycles. The molecule has 0 aliphatic carbocycles. The zero-order chi connectivity index (χ0) is 12.5. The second kappa shape index (κ2) is 8.25. The molecule has 0 saturated carbocycles. The first-order valence-corrected chi connectivity index (χ1v) is 6.60. The molecule has 0 saturated heterocycles. The molecular weight excluding hydrogens is 282 g/mol. The van der Waals surface area contributed by atoms with Crippen LogP contribution in [0.15, 0.2) is 28.7 Å². The minimum absolute atomic E-state index is 0.0765. The standard InChI is InChI=1S/C13H18BrNO2/c1-2-17-9-3-4-13(16)15-10-11-5-7-12(14)8-6-11/h5-8H,2-4,9-10H2,1H3,(H,15,16). The normalized spacial score (nSPS) is 10.2. The van der Waals surface area contributed by atoms with Crippen molar-refractivity contribution in [2.45, 2.75) is 26.3 Å². The molecule has 0 fully saturated rings. The third kappa shape index (κ3) is 6.44. The average Bonchev–Trinajstić information content (AvgIpc) is 2.34. The van der Waals surface area contributed by atoms with Crippen molar-refractivity contribution < 1.29 is 9.53 Å².